The highest BCUT2D eigenvalue weighted by atomic mass is 16.3. The van der Waals surface area contributed by atoms with Crippen LogP contribution in [0.15, 0.2) is 54.6 Å². The van der Waals surface area contributed by atoms with Crippen LogP contribution in [0, 0.1) is 17.3 Å². The van der Waals surface area contributed by atoms with Crippen molar-refractivity contribution in [1.29, 1.82) is 0 Å². The van der Waals surface area contributed by atoms with Gasteiger partial charge in [0.1, 0.15) is 0 Å². The summed E-state index contributed by atoms with van der Waals surface area (Å²) in [7, 11) is 0. The molecule has 0 spiro atoms. The highest BCUT2D eigenvalue weighted by molar-refractivity contribution is 5.36. The number of rotatable bonds is 6. The van der Waals surface area contributed by atoms with Crippen molar-refractivity contribution in [2.45, 2.75) is 32.2 Å². The van der Waals surface area contributed by atoms with Crippen LogP contribution in [0.1, 0.15) is 36.0 Å². The zero-order chi connectivity index (χ0) is 19.0. The van der Waals surface area contributed by atoms with E-state index in [4.69, 9.17) is 5.11 Å². The van der Waals surface area contributed by atoms with E-state index >= 15 is 0 Å². The van der Waals surface area contributed by atoms with Gasteiger partial charge in [-0.15, -0.1) is 0 Å². The molecule has 0 aromatic heterocycles. The summed E-state index contributed by atoms with van der Waals surface area (Å²) < 4.78 is 0. The van der Waals surface area contributed by atoms with E-state index in [2.05, 4.69) is 53.1 Å². The van der Waals surface area contributed by atoms with Crippen LogP contribution in [-0.4, -0.2) is 41.4 Å². The van der Waals surface area contributed by atoms with Crippen LogP contribution in [-0.2, 0) is 13.0 Å². The zero-order valence-corrected chi connectivity index (χ0v) is 15.9. The van der Waals surface area contributed by atoms with E-state index in [1.807, 2.05) is 18.2 Å². The molecule has 0 saturated carbocycles. The minimum Gasteiger partial charge on any atom is -0.396 e. The number of aliphatic hydroxyl groups is 2. The Morgan fingerprint density at radius 3 is 2.44 bits per heavy atom. The number of nitrogens with zero attached hydrogens (tertiary/aromatic N) is 1. The van der Waals surface area contributed by atoms with E-state index in [0.29, 0.717) is 6.42 Å². The Kier molecular flexibility index (Phi) is 7.06. The highest BCUT2D eigenvalue weighted by Crippen LogP contribution is 2.34. The van der Waals surface area contributed by atoms with Gasteiger partial charge in [0, 0.05) is 30.5 Å². The van der Waals surface area contributed by atoms with E-state index in [1.54, 1.807) is 0 Å². The number of likely N-dealkylation sites (tertiary alicyclic amines) is 1. The summed E-state index contributed by atoms with van der Waals surface area (Å²) >= 11 is 0. The number of aliphatic hydroxyl groups excluding tert-OH is 2. The van der Waals surface area contributed by atoms with Crippen molar-refractivity contribution in [2.24, 2.45) is 5.41 Å². The molecule has 2 N–H and O–H groups in total. The Morgan fingerprint density at radius 2 is 1.74 bits per heavy atom. The average molecular weight is 364 g/mol. The van der Waals surface area contributed by atoms with Crippen molar-refractivity contribution in [1.82, 2.24) is 4.90 Å². The predicted molar refractivity (Wildman–Crippen MR) is 109 cm³/mol. The summed E-state index contributed by atoms with van der Waals surface area (Å²) in [6.45, 7) is 3.25. The van der Waals surface area contributed by atoms with Gasteiger partial charge >= 0.3 is 0 Å². The third-order valence-corrected chi connectivity index (χ3v) is 5.33. The largest absolute Gasteiger partial charge is 0.396 e. The van der Waals surface area contributed by atoms with Crippen LogP contribution in [0.25, 0.3) is 0 Å². The molecule has 1 fully saturated rings. The average Bonchev–Trinajstić information content (AvgIpc) is 2.70. The lowest BCUT2D eigenvalue weighted by atomic mass is 9.75. The third-order valence-electron chi connectivity index (χ3n) is 5.33. The Balaban J connectivity index is 1.63. The second kappa shape index (κ2) is 9.71. The molecule has 3 nitrogen and oxygen atoms in total. The third kappa shape index (κ3) is 5.68. The molecule has 0 radical (unpaired) electrons. The number of piperidine rings is 1. The van der Waals surface area contributed by atoms with Gasteiger partial charge in [0.05, 0.1) is 13.2 Å². The van der Waals surface area contributed by atoms with Gasteiger partial charge in [-0.2, -0.15) is 0 Å². The molecule has 27 heavy (non-hydrogen) atoms. The Hall–Kier alpha value is -2.12. The molecule has 0 aliphatic carbocycles. The SMILES string of the molecule is OCCC#Cc1ccc(CN2CCCC(CO)(Cc3ccccc3)C2)cc1. The first-order valence-electron chi connectivity index (χ1n) is 9.79. The lowest BCUT2D eigenvalue weighted by molar-refractivity contribution is 0.0288. The Morgan fingerprint density at radius 1 is 0.963 bits per heavy atom. The van der Waals surface area contributed by atoms with Gasteiger partial charge in [-0.1, -0.05) is 54.3 Å². The standard InChI is InChI=1S/C24H29NO2/c26-16-5-4-7-21-10-12-23(13-11-21)18-25-15-6-14-24(19-25,20-27)17-22-8-2-1-3-9-22/h1-3,8-13,26-27H,5-6,14-20H2. The summed E-state index contributed by atoms with van der Waals surface area (Å²) in [5, 5.41) is 19.0. The lowest BCUT2D eigenvalue weighted by Crippen LogP contribution is -2.46. The maximum Gasteiger partial charge on any atom is 0.0540 e. The molecule has 2 aromatic rings. The maximum absolute atomic E-state index is 10.2. The maximum atomic E-state index is 10.2. The quantitative estimate of drug-likeness (QED) is 0.775. The number of benzene rings is 2. The molecule has 1 saturated heterocycles. The first-order valence-corrected chi connectivity index (χ1v) is 9.79. The van der Waals surface area contributed by atoms with E-state index < -0.39 is 0 Å². The van der Waals surface area contributed by atoms with Gasteiger partial charge in [0.15, 0.2) is 0 Å². The first kappa shape index (κ1) is 19.6. The molecule has 0 bridgehead atoms. The minimum absolute atomic E-state index is 0.0463. The fourth-order valence-electron chi connectivity index (χ4n) is 3.98. The number of hydrogen-bond acceptors (Lipinski definition) is 3. The van der Waals surface area contributed by atoms with Crippen molar-refractivity contribution in [3.8, 4) is 11.8 Å². The van der Waals surface area contributed by atoms with Gasteiger partial charge in [0.2, 0.25) is 0 Å². The van der Waals surface area contributed by atoms with E-state index in [9.17, 15) is 5.11 Å². The molecular weight excluding hydrogens is 334 g/mol. The van der Waals surface area contributed by atoms with Crippen LogP contribution in [0.3, 0.4) is 0 Å². The van der Waals surface area contributed by atoms with Crippen LogP contribution in [0.4, 0.5) is 0 Å². The molecule has 1 aliphatic rings. The second-order valence-electron chi connectivity index (χ2n) is 7.61. The second-order valence-corrected chi connectivity index (χ2v) is 7.61. The topological polar surface area (TPSA) is 43.7 Å². The van der Waals surface area contributed by atoms with Crippen LogP contribution in [0.5, 0.6) is 0 Å². The van der Waals surface area contributed by atoms with E-state index in [1.165, 1.54) is 11.1 Å². The zero-order valence-electron chi connectivity index (χ0n) is 15.9. The van der Waals surface area contributed by atoms with Crippen molar-refractivity contribution < 1.29 is 10.2 Å². The van der Waals surface area contributed by atoms with Crippen LogP contribution >= 0.6 is 0 Å². The Labute approximate surface area is 162 Å². The van der Waals surface area contributed by atoms with Gasteiger partial charge < -0.3 is 10.2 Å². The van der Waals surface area contributed by atoms with Gasteiger partial charge in [-0.05, 0) is 49.1 Å². The molecular formula is C24H29NO2. The molecule has 3 heteroatoms. The smallest absolute Gasteiger partial charge is 0.0540 e. The summed E-state index contributed by atoms with van der Waals surface area (Å²) in [6, 6.07) is 18.9. The predicted octanol–water partition coefficient (Wildman–Crippen LogP) is 3.24. The minimum atomic E-state index is -0.0463. The fourth-order valence-corrected chi connectivity index (χ4v) is 3.98. The highest BCUT2D eigenvalue weighted by Gasteiger charge is 2.35. The molecule has 1 atom stereocenters. The number of hydrogen-bond donors (Lipinski definition) is 2. The van der Waals surface area contributed by atoms with Crippen LogP contribution in [0.2, 0.25) is 0 Å². The van der Waals surface area contributed by atoms with Gasteiger partial charge in [-0.25, -0.2) is 0 Å². The van der Waals surface area contributed by atoms with Crippen LogP contribution < -0.4 is 0 Å². The monoisotopic (exact) mass is 363 g/mol. The lowest BCUT2D eigenvalue weighted by Gasteiger charge is -2.42. The van der Waals surface area contributed by atoms with E-state index in [-0.39, 0.29) is 18.6 Å². The molecule has 1 aliphatic heterocycles. The molecule has 142 valence electrons. The molecule has 0 amide bonds. The van der Waals surface area contributed by atoms with E-state index in [0.717, 1.165) is 44.5 Å². The molecule has 2 aromatic carbocycles. The van der Waals surface area contributed by atoms with Gasteiger partial charge in [0.25, 0.3) is 0 Å². The summed E-state index contributed by atoms with van der Waals surface area (Å²) in [5.41, 5.74) is 3.52. The Bertz CT molecular complexity index is 760. The van der Waals surface area contributed by atoms with Gasteiger partial charge in [-0.3, -0.25) is 4.90 Å². The summed E-state index contributed by atoms with van der Waals surface area (Å²) in [6.07, 6.45) is 3.65. The first-order chi connectivity index (χ1) is 13.2. The van der Waals surface area contributed by atoms with Crippen molar-refractivity contribution in [3.05, 3.63) is 71.3 Å². The molecule has 1 unspecified atom stereocenters. The summed E-state index contributed by atoms with van der Waals surface area (Å²) in [4.78, 5) is 2.47. The van der Waals surface area contributed by atoms with Crippen molar-refractivity contribution >= 4 is 0 Å². The molecule has 1 heterocycles. The molecule has 3 rings (SSSR count). The van der Waals surface area contributed by atoms with Crippen molar-refractivity contribution in [3.63, 3.8) is 0 Å². The summed E-state index contributed by atoms with van der Waals surface area (Å²) in [5.74, 6) is 6.02. The van der Waals surface area contributed by atoms with Crippen molar-refractivity contribution in [2.75, 3.05) is 26.3 Å². The fraction of sp³-hybridized carbons (Fsp3) is 0.417. The normalized spacial score (nSPS) is 20.1.